The minimum absolute atomic E-state index is 0.794. The van der Waals surface area contributed by atoms with Gasteiger partial charge in [0.1, 0.15) is 12.0 Å². The largest absolute Gasteiger partial charge is 0.612 e. The summed E-state index contributed by atoms with van der Waals surface area (Å²) in [5.74, 6) is 0.794. The van der Waals surface area contributed by atoms with Crippen LogP contribution in [0.3, 0.4) is 0 Å². The molecule has 0 aliphatic heterocycles. The van der Waals surface area contributed by atoms with Gasteiger partial charge in [-0.05, 0) is 30.2 Å². The molecular formula is C9H12O2S. The Labute approximate surface area is 75.7 Å². The Morgan fingerprint density at radius 2 is 2.08 bits per heavy atom. The van der Waals surface area contributed by atoms with Crippen molar-refractivity contribution in [3.63, 3.8) is 0 Å². The van der Waals surface area contributed by atoms with Crippen LogP contribution in [-0.4, -0.2) is 17.9 Å². The highest BCUT2D eigenvalue weighted by Crippen LogP contribution is 2.24. The SMILES string of the molecule is COc1cccc([S+](C)[O-])c1C. The molecule has 1 atom stereocenters. The maximum absolute atomic E-state index is 11.2. The van der Waals surface area contributed by atoms with Gasteiger partial charge < -0.3 is 9.29 Å². The zero-order chi connectivity index (χ0) is 9.14. The molecule has 0 bridgehead atoms. The molecule has 1 unspecified atom stereocenters. The van der Waals surface area contributed by atoms with E-state index in [1.165, 1.54) is 0 Å². The Kier molecular flexibility index (Phi) is 3.00. The third kappa shape index (κ3) is 1.73. The van der Waals surface area contributed by atoms with Crippen LogP contribution in [0.4, 0.5) is 0 Å². The van der Waals surface area contributed by atoms with Crippen molar-refractivity contribution in [3.8, 4) is 5.75 Å². The third-order valence-corrected chi connectivity index (χ3v) is 2.83. The Morgan fingerprint density at radius 3 is 2.58 bits per heavy atom. The fourth-order valence-corrected chi connectivity index (χ4v) is 1.93. The van der Waals surface area contributed by atoms with Gasteiger partial charge in [-0.1, -0.05) is 6.07 Å². The number of benzene rings is 1. The van der Waals surface area contributed by atoms with Gasteiger partial charge in [-0.3, -0.25) is 0 Å². The summed E-state index contributed by atoms with van der Waals surface area (Å²) in [4.78, 5) is 0.842. The van der Waals surface area contributed by atoms with Crippen molar-refractivity contribution in [1.82, 2.24) is 0 Å². The van der Waals surface area contributed by atoms with Gasteiger partial charge >= 0.3 is 0 Å². The van der Waals surface area contributed by atoms with Crippen LogP contribution in [0.2, 0.25) is 0 Å². The number of rotatable bonds is 2. The van der Waals surface area contributed by atoms with Crippen molar-refractivity contribution < 1.29 is 9.29 Å². The zero-order valence-electron chi connectivity index (χ0n) is 7.46. The van der Waals surface area contributed by atoms with Gasteiger partial charge in [0.25, 0.3) is 0 Å². The van der Waals surface area contributed by atoms with E-state index in [-0.39, 0.29) is 0 Å². The molecule has 2 nitrogen and oxygen atoms in total. The van der Waals surface area contributed by atoms with Gasteiger partial charge in [-0.25, -0.2) is 0 Å². The summed E-state index contributed by atoms with van der Waals surface area (Å²) in [7, 11) is 1.62. The van der Waals surface area contributed by atoms with Crippen LogP contribution < -0.4 is 4.74 Å². The molecule has 1 aromatic rings. The van der Waals surface area contributed by atoms with Crippen LogP contribution in [0, 0.1) is 6.92 Å². The summed E-state index contributed by atoms with van der Waals surface area (Å²) in [5, 5.41) is 0. The normalized spacial score (nSPS) is 12.7. The molecule has 0 spiro atoms. The lowest BCUT2D eigenvalue weighted by atomic mass is 10.2. The molecule has 66 valence electrons. The molecule has 1 rings (SSSR count). The predicted octanol–water partition coefficient (Wildman–Crippen LogP) is 1.74. The van der Waals surface area contributed by atoms with Gasteiger partial charge in [-0.2, -0.15) is 0 Å². The molecule has 0 fully saturated rings. The highest BCUT2D eigenvalue weighted by atomic mass is 32.2. The lowest BCUT2D eigenvalue weighted by Crippen LogP contribution is -2.01. The molecule has 12 heavy (non-hydrogen) atoms. The van der Waals surface area contributed by atoms with E-state index >= 15 is 0 Å². The second-order valence-corrected chi connectivity index (χ2v) is 3.89. The van der Waals surface area contributed by atoms with Crippen molar-refractivity contribution in [2.75, 3.05) is 13.4 Å². The van der Waals surface area contributed by atoms with E-state index in [4.69, 9.17) is 4.74 Å². The summed E-state index contributed by atoms with van der Waals surface area (Å²) in [6, 6.07) is 5.57. The smallest absolute Gasteiger partial charge is 0.159 e. The van der Waals surface area contributed by atoms with Crippen LogP contribution in [-0.2, 0) is 11.2 Å². The Bertz CT molecular complexity index is 271. The van der Waals surface area contributed by atoms with Crippen LogP contribution in [0.1, 0.15) is 5.56 Å². The lowest BCUT2D eigenvalue weighted by molar-refractivity contribution is 0.410. The molecule has 0 amide bonds. The van der Waals surface area contributed by atoms with Crippen LogP contribution in [0.15, 0.2) is 23.1 Å². The highest BCUT2D eigenvalue weighted by molar-refractivity contribution is 7.90. The summed E-state index contributed by atoms with van der Waals surface area (Å²) in [6.07, 6.45) is 1.67. The summed E-state index contributed by atoms with van der Waals surface area (Å²) in [6.45, 7) is 1.91. The van der Waals surface area contributed by atoms with E-state index in [9.17, 15) is 4.55 Å². The molecule has 0 radical (unpaired) electrons. The molecule has 0 N–H and O–H groups in total. The van der Waals surface area contributed by atoms with Crippen LogP contribution in [0.25, 0.3) is 0 Å². The molecule has 0 heterocycles. The average molecular weight is 184 g/mol. The first-order valence-corrected chi connectivity index (χ1v) is 5.19. The highest BCUT2D eigenvalue weighted by Gasteiger charge is 2.11. The molecular weight excluding hydrogens is 172 g/mol. The van der Waals surface area contributed by atoms with Gasteiger partial charge in [0.15, 0.2) is 4.90 Å². The maximum Gasteiger partial charge on any atom is 0.159 e. The van der Waals surface area contributed by atoms with Crippen molar-refractivity contribution in [2.24, 2.45) is 0 Å². The zero-order valence-corrected chi connectivity index (χ0v) is 8.27. The van der Waals surface area contributed by atoms with Crippen molar-refractivity contribution in [2.45, 2.75) is 11.8 Å². The second kappa shape index (κ2) is 3.83. The van der Waals surface area contributed by atoms with E-state index in [1.807, 2.05) is 25.1 Å². The van der Waals surface area contributed by atoms with E-state index in [0.29, 0.717) is 0 Å². The predicted molar refractivity (Wildman–Crippen MR) is 50.1 cm³/mol. The lowest BCUT2D eigenvalue weighted by Gasteiger charge is -2.10. The standard InChI is InChI=1S/C9H12O2S/c1-7-8(11-2)5-4-6-9(7)12(3)10/h4-6H,1-3H3. The summed E-state index contributed by atoms with van der Waals surface area (Å²) in [5.41, 5.74) is 0.959. The van der Waals surface area contributed by atoms with E-state index in [1.54, 1.807) is 13.4 Å². The van der Waals surface area contributed by atoms with Gasteiger partial charge in [0, 0.05) is 5.56 Å². The molecule has 0 aliphatic carbocycles. The topological polar surface area (TPSA) is 32.3 Å². The fourth-order valence-electron chi connectivity index (χ4n) is 1.13. The van der Waals surface area contributed by atoms with Gasteiger partial charge in [-0.15, -0.1) is 0 Å². The van der Waals surface area contributed by atoms with E-state index < -0.39 is 11.2 Å². The van der Waals surface area contributed by atoms with Crippen LogP contribution in [0.5, 0.6) is 5.75 Å². The number of hydrogen-bond donors (Lipinski definition) is 0. The Balaban J connectivity index is 3.14. The number of hydrogen-bond acceptors (Lipinski definition) is 2. The second-order valence-electron chi connectivity index (χ2n) is 2.54. The number of methoxy groups -OCH3 is 1. The number of ether oxygens (including phenoxy) is 1. The monoisotopic (exact) mass is 184 g/mol. The quantitative estimate of drug-likeness (QED) is 0.656. The summed E-state index contributed by atoms with van der Waals surface area (Å²) < 4.78 is 16.3. The molecule has 0 saturated carbocycles. The molecule has 0 aromatic heterocycles. The third-order valence-electron chi connectivity index (χ3n) is 1.76. The van der Waals surface area contributed by atoms with E-state index in [2.05, 4.69) is 0 Å². The first kappa shape index (κ1) is 9.42. The summed E-state index contributed by atoms with van der Waals surface area (Å²) >= 11 is -0.932. The van der Waals surface area contributed by atoms with Gasteiger partial charge in [0.2, 0.25) is 0 Å². The minimum Gasteiger partial charge on any atom is -0.612 e. The minimum atomic E-state index is -0.932. The fraction of sp³-hybridized carbons (Fsp3) is 0.333. The first-order valence-electron chi connectivity index (χ1n) is 3.64. The Morgan fingerprint density at radius 1 is 1.42 bits per heavy atom. The van der Waals surface area contributed by atoms with Crippen molar-refractivity contribution in [3.05, 3.63) is 23.8 Å². The van der Waals surface area contributed by atoms with E-state index in [0.717, 1.165) is 16.2 Å². The molecule has 1 aromatic carbocycles. The van der Waals surface area contributed by atoms with Gasteiger partial charge in [0.05, 0.1) is 7.11 Å². The van der Waals surface area contributed by atoms with Crippen LogP contribution >= 0.6 is 0 Å². The Hall–Kier alpha value is -0.670. The molecule has 3 heteroatoms. The molecule has 0 saturated heterocycles. The average Bonchev–Trinajstić information content (AvgIpc) is 2.04. The van der Waals surface area contributed by atoms with Crippen molar-refractivity contribution in [1.29, 1.82) is 0 Å². The van der Waals surface area contributed by atoms with Crippen molar-refractivity contribution >= 4 is 11.2 Å². The molecule has 0 aliphatic rings. The first-order chi connectivity index (χ1) is 5.66. The maximum atomic E-state index is 11.2.